The number of benzene rings is 2. The number of fused-ring (bicyclic) bond motifs is 1. The van der Waals surface area contributed by atoms with Crippen LogP contribution < -0.4 is 15.0 Å². The SMILES string of the molecule is COc1ccc(C)cc1N1CC(C(=O)Nc2ccc3[nH]ncc3c2)CC1=O. The molecule has 4 rings (SSSR count). The summed E-state index contributed by atoms with van der Waals surface area (Å²) in [7, 11) is 1.57. The summed E-state index contributed by atoms with van der Waals surface area (Å²) in [5.41, 5.74) is 3.33. The van der Waals surface area contributed by atoms with E-state index >= 15 is 0 Å². The highest BCUT2D eigenvalue weighted by atomic mass is 16.5. The molecule has 1 aromatic heterocycles. The van der Waals surface area contributed by atoms with Crippen LogP contribution >= 0.6 is 0 Å². The van der Waals surface area contributed by atoms with Gasteiger partial charge in [0.2, 0.25) is 11.8 Å². The highest BCUT2D eigenvalue weighted by Gasteiger charge is 2.36. The van der Waals surface area contributed by atoms with Gasteiger partial charge in [0.05, 0.1) is 30.4 Å². The third-order valence-corrected chi connectivity index (χ3v) is 4.83. The summed E-state index contributed by atoms with van der Waals surface area (Å²) < 4.78 is 5.38. The number of nitrogens with zero attached hydrogens (tertiary/aromatic N) is 2. The largest absolute Gasteiger partial charge is 0.495 e. The number of ether oxygens (including phenoxy) is 1. The minimum atomic E-state index is -0.414. The average Bonchev–Trinajstić information content (AvgIpc) is 3.27. The second-order valence-corrected chi connectivity index (χ2v) is 6.74. The molecule has 1 aliphatic rings. The van der Waals surface area contributed by atoms with Crippen molar-refractivity contribution in [2.75, 3.05) is 23.9 Å². The molecule has 0 aliphatic carbocycles. The molecule has 2 amide bonds. The van der Waals surface area contributed by atoms with Crippen LogP contribution in [0.2, 0.25) is 0 Å². The van der Waals surface area contributed by atoms with Crippen LogP contribution in [0.15, 0.2) is 42.6 Å². The lowest BCUT2D eigenvalue weighted by atomic mass is 10.1. The molecule has 2 aromatic carbocycles. The molecular weight excluding hydrogens is 344 g/mol. The minimum Gasteiger partial charge on any atom is -0.495 e. The van der Waals surface area contributed by atoms with E-state index in [9.17, 15) is 9.59 Å². The van der Waals surface area contributed by atoms with E-state index in [1.807, 2.05) is 43.3 Å². The minimum absolute atomic E-state index is 0.0793. The first-order chi connectivity index (χ1) is 13.0. The maximum Gasteiger partial charge on any atom is 0.229 e. The molecule has 27 heavy (non-hydrogen) atoms. The van der Waals surface area contributed by atoms with Gasteiger partial charge in [0.15, 0.2) is 0 Å². The van der Waals surface area contributed by atoms with Crippen molar-refractivity contribution >= 4 is 34.1 Å². The Balaban J connectivity index is 1.51. The third kappa shape index (κ3) is 3.23. The van der Waals surface area contributed by atoms with Crippen molar-refractivity contribution in [3.8, 4) is 5.75 Å². The van der Waals surface area contributed by atoms with E-state index in [1.165, 1.54) is 0 Å². The summed E-state index contributed by atoms with van der Waals surface area (Å²) in [6.45, 7) is 2.29. The lowest BCUT2D eigenvalue weighted by Gasteiger charge is -2.20. The number of hydrogen-bond donors (Lipinski definition) is 2. The third-order valence-electron chi connectivity index (χ3n) is 4.83. The predicted molar refractivity (Wildman–Crippen MR) is 103 cm³/mol. The van der Waals surface area contributed by atoms with Crippen molar-refractivity contribution in [3.63, 3.8) is 0 Å². The van der Waals surface area contributed by atoms with Gasteiger partial charge in [-0.1, -0.05) is 6.07 Å². The second-order valence-electron chi connectivity index (χ2n) is 6.74. The molecule has 1 fully saturated rings. The predicted octanol–water partition coefficient (Wildman–Crippen LogP) is 2.87. The van der Waals surface area contributed by atoms with Crippen LogP contribution in [0, 0.1) is 12.8 Å². The maximum absolute atomic E-state index is 12.7. The standard InChI is InChI=1S/C20H20N4O3/c1-12-3-6-18(27-2)17(7-12)24-11-14(9-19(24)25)20(26)22-15-4-5-16-13(8-15)10-21-23-16/h3-8,10,14H,9,11H2,1-2H3,(H,21,23)(H,22,26). The fourth-order valence-corrected chi connectivity index (χ4v) is 3.39. The Kier molecular flexibility index (Phi) is 4.27. The number of H-pyrrole nitrogens is 1. The van der Waals surface area contributed by atoms with Crippen LogP contribution in [0.1, 0.15) is 12.0 Å². The topological polar surface area (TPSA) is 87.3 Å². The fraction of sp³-hybridized carbons (Fsp3) is 0.250. The van der Waals surface area contributed by atoms with Crippen molar-refractivity contribution in [1.82, 2.24) is 10.2 Å². The zero-order chi connectivity index (χ0) is 19.0. The van der Waals surface area contributed by atoms with E-state index < -0.39 is 5.92 Å². The maximum atomic E-state index is 12.7. The summed E-state index contributed by atoms with van der Waals surface area (Å²) in [4.78, 5) is 26.9. The lowest BCUT2D eigenvalue weighted by molar-refractivity contribution is -0.122. The summed E-state index contributed by atoms with van der Waals surface area (Å²) in [6, 6.07) is 11.2. The summed E-state index contributed by atoms with van der Waals surface area (Å²) in [6.07, 6.45) is 1.88. The number of carbonyl (C=O) groups is 2. The number of rotatable bonds is 4. The molecule has 2 N–H and O–H groups in total. The lowest BCUT2D eigenvalue weighted by Crippen LogP contribution is -2.28. The first kappa shape index (κ1) is 17.1. The van der Waals surface area contributed by atoms with Gasteiger partial charge in [0.1, 0.15) is 5.75 Å². The van der Waals surface area contributed by atoms with Crippen LogP contribution in [-0.4, -0.2) is 35.7 Å². The molecular formula is C20H20N4O3. The average molecular weight is 364 g/mol. The van der Waals surface area contributed by atoms with Crippen molar-refractivity contribution in [2.24, 2.45) is 5.92 Å². The first-order valence-corrected chi connectivity index (χ1v) is 8.74. The molecule has 0 radical (unpaired) electrons. The smallest absolute Gasteiger partial charge is 0.229 e. The molecule has 7 nitrogen and oxygen atoms in total. The molecule has 1 atom stereocenters. The highest BCUT2D eigenvalue weighted by molar-refractivity contribution is 6.04. The van der Waals surface area contributed by atoms with Gasteiger partial charge < -0.3 is 15.0 Å². The molecule has 1 aliphatic heterocycles. The number of hydrogen-bond acceptors (Lipinski definition) is 4. The Morgan fingerprint density at radius 2 is 2.15 bits per heavy atom. The first-order valence-electron chi connectivity index (χ1n) is 8.74. The van der Waals surface area contributed by atoms with E-state index in [1.54, 1.807) is 18.2 Å². The van der Waals surface area contributed by atoms with Crippen LogP contribution in [0.25, 0.3) is 10.9 Å². The molecule has 1 unspecified atom stereocenters. The highest BCUT2D eigenvalue weighted by Crippen LogP contribution is 2.34. The van der Waals surface area contributed by atoms with Crippen molar-refractivity contribution < 1.29 is 14.3 Å². The van der Waals surface area contributed by atoms with Gasteiger partial charge in [-0.3, -0.25) is 14.7 Å². The monoisotopic (exact) mass is 364 g/mol. The number of aryl methyl sites for hydroxylation is 1. The van der Waals surface area contributed by atoms with Crippen LogP contribution in [0.3, 0.4) is 0 Å². The Morgan fingerprint density at radius 3 is 2.96 bits per heavy atom. The molecule has 0 spiro atoms. The van der Waals surface area contributed by atoms with Crippen LogP contribution in [0.4, 0.5) is 11.4 Å². The van der Waals surface area contributed by atoms with E-state index in [0.717, 1.165) is 16.5 Å². The number of anilines is 2. The fourth-order valence-electron chi connectivity index (χ4n) is 3.39. The molecule has 138 valence electrons. The van der Waals surface area contributed by atoms with Gasteiger partial charge in [-0.15, -0.1) is 0 Å². The van der Waals surface area contributed by atoms with Gasteiger partial charge >= 0.3 is 0 Å². The second kappa shape index (κ2) is 6.75. The summed E-state index contributed by atoms with van der Waals surface area (Å²) >= 11 is 0. The number of aromatic nitrogens is 2. The van der Waals surface area contributed by atoms with Crippen molar-refractivity contribution in [2.45, 2.75) is 13.3 Å². The zero-order valence-corrected chi connectivity index (χ0v) is 15.2. The quantitative estimate of drug-likeness (QED) is 0.745. The molecule has 1 saturated heterocycles. The number of aromatic amines is 1. The summed E-state index contributed by atoms with van der Waals surface area (Å²) in [5, 5.41) is 10.7. The number of carbonyl (C=O) groups excluding carboxylic acids is 2. The Bertz CT molecular complexity index is 1030. The number of nitrogens with one attached hydrogen (secondary N) is 2. The number of methoxy groups -OCH3 is 1. The zero-order valence-electron chi connectivity index (χ0n) is 15.2. The van der Waals surface area contributed by atoms with E-state index in [4.69, 9.17) is 4.74 Å². The van der Waals surface area contributed by atoms with Gasteiger partial charge in [0, 0.05) is 24.0 Å². The van der Waals surface area contributed by atoms with Crippen LogP contribution in [0.5, 0.6) is 5.75 Å². The summed E-state index contributed by atoms with van der Waals surface area (Å²) in [5.74, 6) is -0.0344. The molecule has 2 heterocycles. The van der Waals surface area contributed by atoms with Gasteiger partial charge in [0.25, 0.3) is 0 Å². The van der Waals surface area contributed by atoms with Gasteiger partial charge in [-0.05, 0) is 42.8 Å². The van der Waals surface area contributed by atoms with Crippen LogP contribution in [-0.2, 0) is 9.59 Å². The van der Waals surface area contributed by atoms with Crippen molar-refractivity contribution in [3.05, 3.63) is 48.2 Å². The van der Waals surface area contributed by atoms with Gasteiger partial charge in [-0.25, -0.2) is 0 Å². The Morgan fingerprint density at radius 1 is 1.30 bits per heavy atom. The van der Waals surface area contributed by atoms with Gasteiger partial charge in [-0.2, -0.15) is 5.10 Å². The number of amides is 2. The van der Waals surface area contributed by atoms with E-state index in [0.29, 0.717) is 23.7 Å². The molecule has 0 saturated carbocycles. The molecule has 7 heteroatoms. The Labute approximate surface area is 156 Å². The normalized spacial score (nSPS) is 16.7. The van der Waals surface area contributed by atoms with Crippen molar-refractivity contribution in [1.29, 1.82) is 0 Å². The Hall–Kier alpha value is -3.35. The molecule has 3 aromatic rings. The molecule has 0 bridgehead atoms. The van der Waals surface area contributed by atoms with E-state index in [2.05, 4.69) is 15.5 Å². The van der Waals surface area contributed by atoms with E-state index in [-0.39, 0.29) is 18.2 Å².